The van der Waals surface area contributed by atoms with Crippen LogP contribution in [0.2, 0.25) is 0 Å². The number of hydrogen-bond donors (Lipinski definition) is 1. The number of ether oxygens (including phenoxy) is 1. The summed E-state index contributed by atoms with van der Waals surface area (Å²) in [5.74, 6) is -0.302. The van der Waals surface area contributed by atoms with E-state index in [0.29, 0.717) is 37.0 Å². The Morgan fingerprint density at radius 3 is 2.59 bits per heavy atom. The summed E-state index contributed by atoms with van der Waals surface area (Å²) in [6.07, 6.45) is 3.60. The third-order valence-corrected chi connectivity index (χ3v) is 7.68. The maximum Gasteiger partial charge on any atom is 0.257 e. The number of amides is 1. The first kappa shape index (κ1) is 18.5. The van der Waals surface area contributed by atoms with E-state index >= 15 is 0 Å². The van der Waals surface area contributed by atoms with E-state index in [9.17, 15) is 13.2 Å². The number of aromatic nitrogens is 1. The van der Waals surface area contributed by atoms with Gasteiger partial charge in [0.25, 0.3) is 5.91 Å². The van der Waals surface area contributed by atoms with Crippen LogP contribution in [0.1, 0.15) is 40.2 Å². The van der Waals surface area contributed by atoms with Gasteiger partial charge in [0.15, 0.2) is 5.13 Å². The lowest BCUT2D eigenvalue weighted by atomic mass is 10.2. The van der Waals surface area contributed by atoms with Crippen LogP contribution >= 0.6 is 11.3 Å². The molecule has 1 N–H and O–H groups in total. The molecule has 1 fully saturated rings. The molecule has 3 heterocycles. The summed E-state index contributed by atoms with van der Waals surface area (Å²) in [5.41, 5.74) is 1.38. The number of piperidine rings is 1. The maximum absolute atomic E-state index is 12.7. The van der Waals surface area contributed by atoms with Crippen LogP contribution in [0.5, 0.6) is 0 Å². The van der Waals surface area contributed by atoms with Gasteiger partial charge >= 0.3 is 0 Å². The number of sulfonamides is 1. The van der Waals surface area contributed by atoms with Crippen LogP contribution in [0.3, 0.4) is 0 Å². The standard InChI is InChI=1S/C18H21N3O4S2/c22-17(20-18-19-15-8-11-25-12-16(15)26-18)13-4-6-14(7-5-13)27(23,24)21-9-2-1-3-10-21/h4-7H,1-3,8-12H2,(H,19,20,22). The Balaban J connectivity index is 1.46. The molecule has 7 nitrogen and oxygen atoms in total. The van der Waals surface area contributed by atoms with E-state index in [1.54, 1.807) is 12.1 Å². The van der Waals surface area contributed by atoms with Crippen molar-refractivity contribution >= 4 is 32.4 Å². The van der Waals surface area contributed by atoms with E-state index in [1.807, 2.05) is 0 Å². The third kappa shape index (κ3) is 3.91. The van der Waals surface area contributed by atoms with Crippen molar-refractivity contribution < 1.29 is 17.9 Å². The number of carbonyl (C=O) groups is 1. The molecule has 0 atom stereocenters. The number of benzene rings is 1. The van der Waals surface area contributed by atoms with E-state index in [2.05, 4.69) is 10.3 Å². The van der Waals surface area contributed by atoms with Crippen molar-refractivity contribution in [2.45, 2.75) is 37.2 Å². The van der Waals surface area contributed by atoms with Crippen molar-refractivity contribution in [3.63, 3.8) is 0 Å². The highest BCUT2D eigenvalue weighted by molar-refractivity contribution is 7.89. The molecule has 2 aliphatic heterocycles. The average Bonchev–Trinajstić information content (AvgIpc) is 3.11. The smallest absolute Gasteiger partial charge is 0.257 e. The van der Waals surface area contributed by atoms with Crippen LogP contribution in [0.15, 0.2) is 29.2 Å². The van der Waals surface area contributed by atoms with Crippen molar-refractivity contribution in [3.8, 4) is 0 Å². The molecule has 0 bridgehead atoms. The van der Waals surface area contributed by atoms with E-state index in [0.717, 1.165) is 36.3 Å². The number of rotatable bonds is 4. The van der Waals surface area contributed by atoms with Gasteiger partial charge in [-0.2, -0.15) is 4.31 Å². The zero-order valence-corrected chi connectivity index (χ0v) is 16.4. The second-order valence-electron chi connectivity index (χ2n) is 6.63. The van der Waals surface area contributed by atoms with Gasteiger partial charge in [0.2, 0.25) is 10.0 Å². The van der Waals surface area contributed by atoms with Gasteiger partial charge in [-0.3, -0.25) is 10.1 Å². The fourth-order valence-electron chi connectivity index (χ4n) is 3.28. The molecule has 1 aromatic heterocycles. The Labute approximate surface area is 162 Å². The Morgan fingerprint density at radius 1 is 1.15 bits per heavy atom. The average molecular weight is 408 g/mol. The second-order valence-corrected chi connectivity index (χ2v) is 9.66. The SMILES string of the molecule is O=C(Nc1nc2c(s1)COCC2)c1ccc(S(=O)(=O)N2CCCCC2)cc1. The van der Waals surface area contributed by atoms with Crippen LogP contribution in [-0.4, -0.2) is 43.3 Å². The quantitative estimate of drug-likeness (QED) is 0.842. The monoisotopic (exact) mass is 407 g/mol. The zero-order chi connectivity index (χ0) is 18.9. The molecule has 2 aromatic rings. The van der Waals surface area contributed by atoms with Crippen molar-refractivity contribution in [1.29, 1.82) is 0 Å². The summed E-state index contributed by atoms with van der Waals surface area (Å²) in [5, 5.41) is 3.33. The predicted octanol–water partition coefficient (Wildman–Crippen LogP) is 2.64. The normalized spacial score (nSPS) is 18.1. The first-order valence-electron chi connectivity index (χ1n) is 9.02. The maximum atomic E-state index is 12.7. The summed E-state index contributed by atoms with van der Waals surface area (Å²) < 4.78 is 32.3. The molecule has 1 aromatic carbocycles. The first-order valence-corrected chi connectivity index (χ1v) is 11.3. The molecule has 9 heteroatoms. The number of nitrogens with zero attached hydrogens (tertiary/aromatic N) is 2. The van der Waals surface area contributed by atoms with Crippen molar-refractivity contribution in [2.75, 3.05) is 25.0 Å². The Morgan fingerprint density at radius 2 is 1.89 bits per heavy atom. The van der Waals surface area contributed by atoms with Gasteiger partial charge in [0.05, 0.1) is 28.7 Å². The van der Waals surface area contributed by atoms with E-state index in [1.165, 1.54) is 27.8 Å². The minimum absolute atomic E-state index is 0.225. The van der Waals surface area contributed by atoms with Gasteiger partial charge in [-0.1, -0.05) is 17.8 Å². The Hall–Kier alpha value is -1.81. The van der Waals surface area contributed by atoms with Gasteiger partial charge in [-0.25, -0.2) is 13.4 Å². The van der Waals surface area contributed by atoms with Gasteiger partial charge in [0.1, 0.15) is 0 Å². The predicted molar refractivity (Wildman–Crippen MR) is 102 cm³/mol. The minimum atomic E-state index is -3.49. The number of nitrogens with one attached hydrogen (secondary N) is 1. The summed E-state index contributed by atoms with van der Waals surface area (Å²) in [7, 11) is -3.49. The lowest BCUT2D eigenvalue weighted by molar-refractivity contribution is 0.102. The van der Waals surface area contributed by atoms with Crippen molar-refractivity contribution in [1.82, 2.24) is 9.29 Å². The Kier molecular flexibility index (Phi) is 5.27. The van der Waals surface area contributed by atoms with Gasteiger partial charge in [-0.15, -0.1) is 0 Å². The largest absolute Gasteiger partial charge is 0.375 e. The highest BCUT2D eigenvalue weighted by Gasteiger charge is 2.26. The summed E-state index contributed by atoms with van der Waals surface area (Å²) >= 11 is 1.41. The number of carbonyl (C=O) groups excluding carboxylic acids is 1. The fraction of sp³-hybridized carbons (Fsp3) is 0.444. The summed E-state index contributed by atoms with van der Waals surface area (Å²) in [6.45, 7) is 2.30. The molecule has 0 radical (unpaired) electrons. The molecule has 1 amide bonds. The van der Waals surface area contributed by atoms with Crippen LogP contribution in [0.4, 0.5) is 5.13 Å². The van der Waals surface area contributed by atoms with Crippen LogP contribution in [0.25, 0.3) is 0 Å². The van der Waals surface area contributed by atoms with E-state index < -0.39 is 10.0 Å². The first-order chi connectivity index (χ1) is 13.0. The topological polar surface area (TPSA) is 88.6 Å². The van der Waals surface area contributed by atoms with Gasteiger partial charge in [-0.05, 0) is 37.1 Å². The molecule has 2 aliphatic rings. The number of thiazole rings is 1. The summed E-state index contributed by atoms with van der Waals surface area (Å²) in [4.78, 5) is 18.2. The zero-order valence-electron chi connectivity index (χ0n) is 14.8. The summed E-state index contributed by atoms with van der Waals surface area (Å²) in [6, 6.07) is 6.09. The minimum Gasteiger partial charge on any atom is -0.375 e. The molecule has 4 rings (SSSR count). The molecule has 0 spiro atoms. The van der Waals surface area contributed by atoms with Crippen molar-refractivity contribution in [2.24, 2.45) is 0 Å². The second kappa shape index (κ2) is 7.67. The molecule has 27 heavy (non-hydrogen) atoms. The lowest BCUT2D eigenvalue weighted by Gasteiger charge is -2.25. The molecule has 0 unspecified atom stereocenters. The molecule has 1 saturated heterocycles. The third-order valence-electron chi connectivity index (χ3n) is 4.78. The molecule has 0 saturated carbocycles. The van der Waals surface area contributed by atoms with Crippen molar-refractivity contribution in [3.05, 3.63) is 40.4 Å². The van der Waals surface area contributed by atoms with Gasteiger partial charge < -0.3 is 4.74 Å². The number of fused-ring (bicyclic) bond motifs is 1. The number of hydrogen-bond acceptors (Lipinski definition) is 6. The molecule has 144 valence electrons. The van der Waals surface area contributed by atoms with Crippen LogP contribution in [-0.2, 0) is 27.8 Å². The lowest BCUT2D eigenvalue weighted by Crippen LogP contribution is -2.35. The van der Waals surface area contributed by atoms with Crippen LogP contribution < -0.4 is 5.32 Å². The van der Waals surface area contributed by atoms with Gasteiger partial charge in [0, 0.05) is 25.1 Å². The van der Waals surface area contributed by atoms with E-state index in [4.69, 9.17) is 4.74 Å². The fourth-order valence-corrected chi connectivity index (χ4v) is 5.74. The molecular weight excluding hydrogens is 386 g/mol. The molecular formula is C18H21N3O4S2. The highest BCUT2D eigenvalue weighted by Crippen LogP contribution is 2.27. The highest BCUT2D eigenvalue weighted by atomic mass is 32.2. The Bertz CT molecular complexity index is 909. The van der Waals surface area contributed by atoms with E-state index in [-0.39, 0.29) is 10.8 Å². The molecule has 0 aliphatic carbocycles. The number of anilines is 1. The van der Waals surface area contributed by atoms with Crippen LogP contribution in [0, 0.1) is 0 Å².